The molecule has 10 nitrogen and oxygen atoms in total. The fourth-order valence-corrected chi connectivity index (χ4v) is 4.84. The number of ketones is 1. The molecule has 0 bridgehead atoms. The summed E-state index contributed by atoms with van der Waals surface area (Å²) in [6.07, 6.45) is 0.575. The number of nitrogens with two attached hydrogens (primary N) is 1. The van der Waals surface area contributed by atoms with Crippen molar-refractivity contribution >= 4 is 30.7 Å². The number of nitrogens with zero attached hydrogens (tertiary/aromatic N) is 3. The number of para-hydroxylation sites is 1. The molecule has 11 heteroatoms. The maximum Gasteiger partial charge on any atom is 0.526 e. The Bertz CT molecular complexity index is 995. The predicted molar refractivity (Wildman–Crippen MR) is 119 cm³/mol. The summed E-state index contributed by atoms with van der Waals surface area (Å²) in [7, 11) is -1.10. The number of carbonyl (C=O) groups is 4. The number of rotatable bonds is 5. The first-order chi connectivity index (χ1) is 15.7. The predicted octanol–water partition coefficient (Wildman–Crippen LogP) is -0.189. The van der Waals surface area contributed by atoms with E-state index in [1.54, 1.807) is 6.92 Å². The number of amides is 4. The highest BCUT2D eigenvalue weighted by Crippen LogP contribution is 2.39. The van der Waals surface area contributed by atoms with E-state index in [1.165, 1.54) is 9.80 Å². The average molecular weight is 456 g/mol. The summed E-state index contributed by atoms with van der Waals surface area (Å²) in [5.41, 5.74) is 6.88. The number of urea groups is 1. The first-order valence-corrected chi connectivity index (χ1v) is 11.3. The van der Waals surface area contributed by atoms with Gasteiger partial charge >= 0.3 is 25.0 Å². The molecular formula is C22H29BN4O6. The standard InChI is InChI=1S/C22H29BN4O6/c1-3-25-7-8-27(20(30)19(25)29)21(31)26-12-22(11-24,13-26)17(28)10-16-9-15-6-4-5-14(2)18(15)33-23(16)32/h4-6,16,32H,3,7-13,24H2,1-2H3/t16-/m1/s1. The molecule has 2 fully saturated rings. The topological polar surface area (TPSA) is 133 Å². The smallest absolute Gasteiger partial charge is 0.526 e. The SMILES string of the molecule is CCN1CCN(C(=O)N2CC(CN)(C(=O)C[C@H]3Cc4cccc(C)c4OB3O)C2)C(=O)C1=O. The van der Waals surface area contributed by atoms with Gasteiger partial charge in [0.1, 0.15) is 11.5 Å². The third kappa shape index (κ3) is 3.99. The van der Waals surface area contributed by atoms with Gasteiger partial charge in [0.05, 0.1) is 5.41 Å². The monoisotopic (exact) mass is 456 g/mol. The average Bonchev–Trinajstić information content (AvgIpc) is 2.76. The van der Waals surface area contributed by atoms with Crippen LogP contribution in [0.4, 0.5) is 4.79 Å². The number of carbonyl (C=O) groups excluding carboxylic acids is 4. The first kappa shape index (κ1) is 23.3. The normalized spacial score (nSPS) is 22.0. The van der Waals surface area contributed by atoms with Crippen molar-refractivity contribution in [2.75, 3.05) is 39.3 Å². The summed E-state index contributed by atoms with van der Waals surface area (Å²) in [4.78, 5) is 54.2. The van der Waals surface area contributed by atoms with Crippen molar-refractivity contribution in [3.05, 3.63) is 29.3 Å². The van der Waals surface area contributed by atoms with Gasteiger partial charge in [0.2, 0.25) is 0 Å². The Morgan fingerprint density at radius 3 is 2.64 bits per heavy atom. The van der Waals surface area contributed by atoms with Gasteiger partial charge in [0, 0.05) is 51.5 Å². The molecule has 0 aromatic heterocycles. The van der Waals surface area contributed by atoms with Crippen LogP contribution in [0.25, 0.3) is 0 Å². The molecule has 3 aliphatic heterocycles. The Labute approximate surface area is 192 Å². The molecular weight excluding hydrogens is 427 g/mol. The third-order valence-electron chi connectivity index (χ3n) is 7.03. The maximum absolute atomic E-state index is 13.2. The molecule has 1 aromatic carbocycles. The number of hydrogen-bond donors (Lipinski definition) is 2. The number of Topliss-reactive ketones (excluding diaryl/α,β-unsaturated/α-hetero) is 1. The molecule has 33 heavy (non-hydrogen) atoms. The Hall–Kier alpha value is -2.92. The lowest BCUT2D eigenvalue weighted by Crippen LogP contribution is -2.69. The van der Waals surface area contributed by atoms with E-state index in [2.05, 4.69) is 0 Å². The minimum atomic E-state index is -1.10. The van der Waals surface area contributed by atoms with Crippen LogP contribution in [0.1, 0.15) is 24.5 Å². The number of aryl methyl sites for hydroxylation is 1. The van der Waals surface area contributed by atoms with Crippen LogP contribution in [0.3, 0.4) is 0 Å². The van der Waals surface area contributed by atoms with Crippen molar-refractivity contribution in [2.45, 2.75) is 32.5 Å². The Balaban J connectivity index is 1.39. The molecule has 3 heterocycles. The van der Waals surface area contributed by atoms with Gasteiger partial charge in [0.15, 0.2) is 0 Å². The van der Waals surface area contributed by atoms with Gasteiger partial charge in [-0.2, -0.15) is 0 Å². The van der Waals surface area contributed by atoms with Gasteiger partial charge in [-0.3, -0.25) is 19.3 Å². The molecule has 2 saturated heterocycles. The number of hydrogen-bond acceptors (Lipinski definition) is 7. The zero-order valence-corrected chi connectivity index (χ0v) is 19.0. The van der Waals surface area contributed by atoms with Gasteiger partial charge in [-0.05, 0) is 31.4 Å². The number of likely N-dealkylation sites (N-methyl/N-ethyl adjacent to an activating group) is 1. The van der Waals surface area contributed by atoms with Crippen molar-refractivity contribution in [2.24, 2.45) is 11.1 Å². The Morgan fingerprint density at radius 1 is 1.24 bits per heavy atom. The van der Waals surface area contributed by atoms with Crippen LogP contribution in [0.15, 0.2) is 18.2 Å². The van der Waals surface area contributed by atoms with Crippen LogP contribution < -0.4 is 10.4 Å². The van der Waals surface area contributed by atoms with E-state index >= 15 is 0 Å². The molecule has 0 radical (unpaired) electrons. The zero-order valence-electron chi connectivity index (χ0n) is 19.0. The molecule has 4 amide bonds. The summed E-state index contributed by atoms with van der Waals surface area (Å²) in [5.74, 6) is -1.44. The molecule has 176 valence electrons. The highest BCUT2D eigenvalue weighted by molar-refractivity contribution is 6.46. The van der Waals surface area contributed by atoms with Crippen molar-refractivity contribution < 1.29 is 28.9 Å². The lowest BCUT2D eigenvalue weighted by Gasteiger charge is -2.50. The number of imide groups is 1. The molecule has 1 aromatic rings. The molecule has 0 aliphatic carbocycles. The second kappa shape index (κ2) is 8.79. The molecule has 4 rings (SSSR count). The number of likely N-dealkylation sites (tertiary alicyclic amines) is 1. The first-order valence-electron chi connectivity index (χ1n) is 11.3. The maximum atomic E-state index is 13.2. The van der Waals surface area contributed by atoms with Crippen LogP contribution in [0, 0.1) is 12.3 Å². The van der Waals surface area contributed by atoms with Crippen molar-refractivity contribution in [3.63, 3.8) is 0 Å². The van der Waals surface area contributed by atoms with Crippen molar-refractivity contribution in [1.29, 1.82) is 0 Å². The molecule has 1 atom stereocenters. The van der Waals surface area contributed by atoms with E-state index < -0.39 is 36.2 Å². The van der Waals surface area contributed by atoms with Crippen molar-refractivity contribution in [1.82, 2.24) is 14.7 Å². The summed E-state index contributed by atoms with van der Waals surface area (Å²) < 4.78 is 5.68. The van der Waals surface area contributed by atoms with Gasteiger partial charge in [-0.15, -0.1) is 0 Å². The Morgan fingerprint density at radius 2 is 1.97 bits per heavy atom. The van der Waals surface area contributed by atoms with E-state index in [9.17, 15) is 24.2 Å². The summed E-state index contributed by atoms with van der Waals surface area (Å²) >= 11 is 0. The molecule has 0 unspecified atom stereocenters. The molecule has 3 aliphatic rings. The largest absolute Gasteiger partial charge is 0.536 e. The Kier molecular flexibility index (Phi) is 6.19. The minimum Gasteiger partial charge on any atom is -0.536 e. The number of piperazine rings is 1. The van der Waals surface area contributed by atoms with E-state index in [0.29, 0.717) is 25.3 Å². The number of benzene rings is 1. The van der Waals surface area contributed by atoms with E-state index in [4.69, 9.17) is 10.4 Å². The molecule has 0 saturated carbocycles. The molecule has 0 spiro atoms. The van der Waals surface area contributed by atoms with E-state index in [-0.39, 0.29) is 38.4 Å². The third-order valence-corrected chi connectivity index (χ3v) is 7.03. The molecule has 3 N–H and O–H groups in total. The fourth-order valence-electron chi connectivity index (χ4n) is 4.84. The van der Waals surface area contributed by atoms with Crippen LogP contribution in [0.2, 0.25) is 5.82 Å². The quantitative estimate of drug-likeness (QED) is 0.464. The lowest BCUT2D eigenvalue weighted by atomic mass is 9.61. The number of fused-ring (bicyclic) bond motifs is 1. The van der Waals surface area contributed by atoms with Crippen LogP contribution in [-0.2, 0) is 20.8 Å². The highest BCUT2D eigenvalue weighted by atomic mass is 16.5. The summed E-state index contributed by atoms with van der Waals surface area (Å²) in [6.45, 7) is 4.71. The fraction of sp³-hybridized carbons (Fsp3) is 0.545. The second-order valence-corrected chi connectivity index (χ2v) is 9.13. The van der Waals surface area contributed by atoms with Crippen LogP contribution in [-0.4, -0.2) is 89.7 Å². The lowest BCUT2D eigenvalue weighted by molar-refractivity contribution is -0.154. The summed E-state index contributed by atoms with van der Waals surface area (Å²) in [5, 5.41) is 10.5. The van der Waals surface area contributed by atoms with E-state index in [0.717, 1.165) is 16.0 Å². The van der Waals surface area contributed by atoms with E-state index in [1.807, 2.05) is 25.1 Å². The summed E-state index contributed by atoms with van der Waals surface area (Å²) in [6, 6.07) is 5.16. The van der Waals surface area contributed by atoms with Gasteiger partial charge < -0.3 is 25.2 Å². The van der Waals surface area contributed by atoms with Crippen LogP contribution in [0.5, 0.6) is 5.75 Å². The highest BCUT2D eigenvalue weighted by Gasteiger charge is 2.53. The van der Waals surface area contributed by atoms with Gasteiger partial charge in [0.25, 0.3) is 0 Å². The second-order valence-electron chi connectivity index (χ2n) is 9.13. The zero-order chi connectivity index (χ0) is 23.9. The van der Waals surface area contributed by atoms with Crippen LogP contribution >= 0.6 is 0 Å². The minimum absolute atomic E-state index is 0.0471. The van der Waals surface area contributed by atoms with Gasteiger partial charge in [-0.1, -0.05) is 18.2 Å². The van der Waals surface area contributed by atoms with Gasteiger partial charge in [-0.25, -0.2) is 4.79 Å². The van der Waals surface area contributed by atoms with Crippen molar-refractivity contribution in [3.8, 4) is 5.75 Å².